The van der Waals surface area contributed by atoms with Gasteiger partial charge in [0.2, 0.25) is 65.0 Å². The molecule has 36 nitrogen and oxygen atoms in total. The highest BCUT2D eigenvalue weighted by atomic mass is 19.4. The average molecular weight is 1490 g/mol. The summed E-state index contributed by atoms with van der Waals surface area (Å²) in [6.45, 7) is 19.9. The standard InChI is InChI=1S/C63H105N15O19.C2HF3O2/c1-15-33(10)42-56(90)76-43(34(11)80)55(89)68-27-41(81)74-45(48(83)50(64)84)58(92)72-40(28-79)60(94)96-49(35-20-17-16-18-21-35)46(78-54(88)38(25-30(4)5)70-53(87)39(26-31(6)7)73-62(95)97-63(12,13)14)59(93)77-44(47(82)32(8)9)57(91)71-37(24-29(2)3)52(86)69-36(51(85)75-42)22-19-23-67-61(65)66;3-2(4,5)1(6)7/h16-18,20-21,29-34,36-40,42-49,79-80,82-83H,15,19,22-28H2,1-14H3,(H2,64,84)(H,68,89)(H,69,86)(H,70,87)(H,71,91)(H,72,92)(H,73,95)(H,74,81)(H,75,85)(H,76,90)(H,77,93)(H,78,88)(H4,65,66,67);(H,6,7)/t33-,34-,36+,37-,38-,39-,40-,42-,43-,44-,45-,46-,47+,48-,49+;/m0./s1. The van der Waals surface area contributed by atoms with E-state index in [0.29, 0.717) is 0 Å². The third-order valence-electron chi connectivity index (χ3n) is 15.4. The Bertz CT molecular complexity index is 3100. The number of ether oxygens (including phenoxy) is 2. The molecule has 0 unspecified atom stereocenters. The van der Waals surface area contributed by atoms with E-state index in [9.17, 15) is 81.5 Å². The summed E-state index contributed by atoms with van der Waals surface area (Å²) in [6.07, 6.45) is -14.5. The van der Waals surface area contributed by atoms with Crippen molar-refractivity contribution in [1.29, 1.82) is 5.41 Å². The van der Waals surface area contributed by atoms with Gasteiger partial charge in [0.1, 0.15) is 60.0 Å². The number of guanidine groups is 1. The molecule has 0 bridgehead atoms. The van der Waals surface area contributed by atoms with Crippen LogP contribution in [0.25, 0.3) is 0 Å². The Hall–Kier alpha value is -9.50. The lowest BCUT2D eigenvalue weighted by Gasteiger charge is -2.34. The van der Waals surface area contributed by atoms with Crippen LogP contribution in [0.3, 0.4) is 0 Å². The molecule has 22 N–H and O–H groups in total. The van der Waals surface area contributed by atoms with Gasteiger partial charge in [0.05, 0.1) is 25.4 Å². The predicted octanol–water partition coefficient (Wildman–Crippen LogP) is -3.03. The van der Waals surface area contributed by atoms with Crippen molar-refractivity contribution in [2.75, 3.05) is 19.7 Å². The molecular weight excluding hydrogens is 1380 g/mol. The van der Waals surface area contributed by atoms with Crippen LogP contribution in [0.2, 0.25) is 0 Å². The third-order valence-corrected chi connectivity index (χ3v) is 15.4. The van der Waals surface area contributed by atoms with E-state index in [2.05, 4.69) is 53.2 Å². The summed E-state index contributed by atoms with van der Waals surface area (Å²) in [5.74, 6) is -20.9. The number of carbonyl (C=O) groups is 14. The molecule has 1 saturated heterocycles. The number of aliphatic hydroxyl groups is 4. The summed E-state index contributed by atoms with van der Waals surface area (Å²) in [5.41, 5.74) is 9.77. The number of cyclic esters (lactones) is 1. The lowest BCUT2D eigenvalue weighted by Crippen LogP contribution is -2.64. The van der Waals surface area contributed by atoms with E-state index in [0.717, 1.165) is 6.92 Å². The molecule has 1 aliphatic rings. The highest BCUT2D eigenvalue weighted by molar-refractivity contribution is 6.00. The summed E-state index contributed by atoms with van der Waals surface area (Å²) in [5, 5.41) is 88.2. The van der Waals surface area contributed by atoms with Crippen molar-refractivity contribution in [1.82, 2.24) is 63.8 Å². The molecule has 1 heterocycles. The average Bonchev–Trinajstić information content (AvgIpc) is 0.808. The Morgan fingerprint density at radius 2 is 1.15 bits per heavy atom. The number of halogens is 3. The van der Waals surface area contributed by atoms with Crippen molar-refractivity contribution >= 4 is 89.0 Å². The number of primary amides is 1. The van der Waals surface area contributed by atoms with Gasteiger partial charge in [0, 0.05) is 6.54 Å². The summed E-state index contributed by atoms with van der Waals surface area (Å²) < 4.78 is 43.1. The van der Waals surface area contributed by atoms with Crippen LogP contribution in [0, 0.1) is 35.0 Å². The molecule has 12 amide bonds. The lowest BCUT2D eigenvalue weighted by molar-refractivity contribution is -0.192. The highest BCUT2D eigenvalue weighted by Gasteiger charge is 2.44. The van der Waals surface area contributed by atoms with E-state index in [4.69, 9.17) is 36.3 Å². The topological polar surface area (TPSA) is 579 Å². The lowest BCUT2D eigenvalue weighted by atomic mass is 9.95. The Balaban J connectivity index is 0.00000731. The number of alkyl carbamates (subject to hydrolysis) is 1. The number of amides is 12. The molecule has 0 aromatic heterocycles. The van der Waals surface area contributed by atoms with E-state index in [-0.39, 0.29) is 56.6 Å². The molecule has 0 saturated carbocycles. The van der Waals surface area contributed by atoms with Gasteiger partial charge in [0.25, 0.3) is 0 Å². The number of nitrogens with one attached hydrogen (secondary N) is 13. The first-order valence-corrected chi connectivity index (χ1v) is 33.6. The maximum atomic E-state index is 15.5. The number of hydrogen-bond acceptors (Lipinski definition) is 21. The van der Waals surface area contributed by atoms with Crippen LogP contribution in [-0.2, 0) is 71.8 Å². The second-order valence-corrected chi connectivity index (χ2v) is 27.5. The zero-order valence-electron chi connectivity index (χ0n) is 60.8. The van der Waals surface area contributed by atoms with Gasteiger partial charge in [0.15, 0.2) is 24.2 Å². The Morgan fingerprint density at radius 3 is 1.63 bits per heavy atom. The van der Waals surface area contributed by atoms with Gasteiger partial charge in [-0.05, 0) is 95.0 Å². The van der Waals surface area contributed by atoms with Gasteiger partial charge >= 0.3 is 24.2 Å². The largest absolute Gasteiger partial charge is 0.490 e. The summed E-state index contributed by atoms with van der Waals surface area (Å²) >= 11 is 0. The zero-order valence-corrected chi connectivity index (χ0v) is 60.8. The number of hydrogen-bond donors (Lipinski definition) is 20. The monoisotopic (exact) mass is 1490 g/mol. The number of carboxylic acid groups (broad SMARTS) is 1. The van der Waals surface area contributed by atoms with Gasteiger partial charge in [-0.2, -0.15) is 13.2 Å². The van der Waals surface area contributed by atoms with E-state index in [1.54, 1.807) is 76.2 Å². The Morgan fingerprint density at radius 1 is 0.654 bits per heavy atom. The maximum absolute atomic E-state index is 15.5. The number of esters is 1. The molecular formula is C65H106F3N15O21. The minimum absolute atomic E-state index is 0.000572. The number of rotatable bonds is 24. The fraction of sp³-hybridized carbons (Fsp3) is 0.677. The van der Waals surface area contributed by atoms with Crippen LogP contribution in [0.5, 0.6) is 0 Å². The first-order chi connectivity index (χ1) is 48.1. The van der Waals surface area contributed by atoms with Crippen LogP contribution in [0.4, 0.5) is 18.0 Å². The molecule has 0 aliphatic carbocycles. The van der Waals surface area contributed by atoms with Crippen LogP contribution in [0.15, 0.2) is 30.3 Å². The van der Waals surface area contributed by atoms with Gasteiger partial charge < -0.3 is 110 Å². The minimum atomic E-state index is -5.08. The quantitative estimate of drug-likeness (QED) is 0.0212. The van der Waals surface area contributed by atoms with Gasteiger partial charge in [-0.1, -0.05) is 106 Å². The van der Waals surface area contributed by atoms with E-state index in [1.807, 2.05) is 10.6 Å². The summed E-state index contributed by atoms with van der Waals surface area (Å²) in [4.78, 5) is 194. The molecule has 1 aromatic rings. The summed E-state index contributed by atoms with van der Waals surface area (Å²) in [7, 11) is 0. The summed E-state index contributed by atoms with van der Waals surface area (Å²) in [6, 6.07) is -11.4. The number of benzene rings is 1. The molecule has 15 atom stereocenters. The predicted molar refractivity (Wildman–Crippen MR) is 364 cm³/mol. The number of nitrogens with two attached hydrogens (primary N) is 2. The van der Waals surface area contributed by atoms with Gasteiger partial charge in [-0.25, -0.2) is 14.4 Å². The molecule has 1 aliphatic heterocycles. The molecule has 39 heteroatoms. The molecule has 1 fully saturated rings. The Kier molecular flexibility index (Phi) is 38.8. The minimum Gasteiger partial charge on any atom is -0.475 e. The van der Waals surface area contributed by atoms with Crippen LogP contribution >= 0.6 is 0 Å². The van der Waals surface area contributed by atoms with Gasteiger partial charge in [-0.15, -0.1) is 0 Å². The van der Waals surface area contributed by atoms with E-state index < -0.39 is 222 Å². The number of carboxylic acids is 1. The normalized spacial score (nSPS) is 23.0. The first kappa shape index (κ1) is 92.5. The molecule has 104 heavy (non-hydrogen) atoms. The fourth-order valence-electron chi connectivity index (χ4n) is 9.81. The number of carbonyl (C=O) groups excluding carboxylic acids is 13. The van der Waals surface area contributed by atoms with E-state index >= 15 is 14.4 Å². The maximum Gasteiger partial charge on any atom is 0.490 e. The number of aliphatic carboxylic acids is 1. The van der Waals surface area contributed by atoms with Crippen molar-refractivity contribution in [2.45, 2.75) is 232 Å². The van der Waals surface area contributed by atoms with Crippen molar-refractivity contribution in [3.05, 3.63) is 35.9 Å². The molecule has 0 radical (unpaired) electrons. The third kappa shape index (κ3) is 32.9. The van der Waals surface area contributed by atoms with Crippen LogP contribution < -0.4 is 75.3 Å². The zero-order chi connectivity index (χ0) is 80.0. The second-order valence-electron chi connectivity index (χ2n) is 27.5. The number of alkyl halides is 3. The van der Waals surface area contributed by atoms with Crippen molar-refractivity contribution in [3.63, 3.8) is 0 Å². The van der Waals surface area contributed by atoms with Crippen LogP contribution in [-0.4, -0.2) is 225 Å². The highest BCUT2D eigenvalue weighted by Crippen LogP contribution is 2.25. The molecule has 0 spiro atoms. The number of aliphatic hydroxyl groups excluding tert-OH is 4. The van der Waals surface area contributed by atoms with Crippen molar-refractivity contribution in [2.24, 2.45) is 41.1 Å². The van der Waals surface area contributed by atoms with E-state index in [1.165, 1.54) is 44.2 Å². The molecule has 1 aromatic carbocycles. The fourth-order valence-corrected chi connectivity index (χ4v) is 9.81. The van der Waals surface area contributed by atoms with Crippen molar-refractivity contribution in [3.8, 4) is 0 Å². The van der Waals surface area contributed by atoms with Crippen molar-refractivity contribution < 1.29 is 115 Å². The molecule has 588 valence electrons. The Labute approximate surface area is 600 Å². The second kappa shape index (κ2) is 43.6. The molecule has 2 rings (SSSR count). The van der Waals surface area contributed by atoms with Crippen LogP contribution in [0.1, 0.15) is 147 Å². The SMILES string of the molecule is CC[C@H](C)[C@@H]1NC(=O)[C@@H](CCCNC(=N)N)NC(=O)[C@H](CC(C)C)NC(=O)[C@H]([C@H](O)C(C)C)NC(=O)[C@@H](NC(=O)[C@H](CC(C)C)NC(=O)[C@H](CC(C)C)NC(=O)OC(C)(C)C)[C@@H](c2ccccc2)OC(=O)[C@H](CO)NC(=O)[C@H]([C@H](O)C(N)=O)NC(=O)CNC(=O)[C@H]([C@H](C)O)NC1=O.O=C(O)C(F)(F)F. The van der Waals surface area contributed by atoms with Gasteiger partial charge in [-0.3, -0.25) is 58.1 Å². The first-order valence-electron chi connectivity index (χ1n) is 33.6. The smallest absolute Gasteiger partial charge is 0.475 e.